The van der Waals surface area contributed by atoms with E-state index in [1.165, 1.54) is 29.2 Å². The number of hydroxylamine groups is 1. The molecule has 5 rings (SSSR count). The number of aromatic hydroxyl groups is 1. The minimum atomic E-state index is -0.920. The van der Waals surface area contributed by atoms with Gasteiger partial charge in [-0.15, -0.1) is 6.58 Å². The summed E-state index contributed by atoms with van der Waals surface area (Å²) >= 11 is 0. The molecule has 0 aliphatic carbocycles. The van der Waals surface area contributed by atoms with Crippen LogP contribution in [0.5, 0.6) is 5.75 Å². The maximum absolute atomic E-state index is 14.2. The van der Waals surface area contributed by atoms with Crippen LogP contribution < -0.4 is 10.8 Å². The van der Waals surface area contributed by atoms with E-state index in [4.69, 9.17) is 4.84 Å². The molecule has 2 saturated heterocycles. The van der Waals surface area contributed by atoms with Gasteiger partial charge in [-0.05, 0) is 41.0 Å². The summed E-state index contributed by atoms with van der Waals surface area (Å²) < 4.78 is 0. The first kappa shape index (κ1) is 31.2. The maximum atomic E-state index is 14.2. The van der Waals surface area contributed by atoms with Crippen molar-refractivity contribution in [3.8, 4) is 5.75 Å². The van der Waals surface area contributed by atoms with Crippen molar-refractivity contribution in [1.82, 2.24) is 30.6 Å². The molecule has 2 fully saturated rings. The van der Waals surface area contributed by atoms with Crippen LogP contribution in [0.1, 0.15) is 27.0 Å². The Morgan fingerprint density at radius 1 is 1.00 bits per heavy atom. The Balaban J connectivity index is 1.49. The number of benzene rings is 3. The predicted octanol–water partition coefficient (Wildman–Crippen LogP) is 2.42. The van der Waals surface area contributed by atoms with Gasteiger partial charge in [0.15, 0.2) is 0 Å². The molecule has 2 aliphatic rings. The molecule has 0 unspecified atom stereocenters. The highest BCUT2D eigenvalue weighted by molar-refractivity contribution is 5.94. The standard InChI is InChI=1S/C33H36N6O6/c1-3-16-37-22-30(41)38-28(18-23-12-14-27(40)15-13-23)32(43)36(20-25-10-7-11-26(17-25)31(42)35-45-2)21-29(38)39(37)33(44)34-19-24-8-5-4-6-9-24/h3-15,17,28-29,40H,1,16,18-22H2,2H3,(H,34,44)(H,35,42)/t28-,29-/m0/s1. The summed E-state index contributed by atoms with van der Waals surface area (Å²) in [5, 5.41) is 15.9. The molecule has 2 aliphatic heterocycles. The molecule has 0 bridgehead atoms. The number of urea groups is 1. The molecule has 12 nitrogen and oxygen atoms in total. The average Bonchev–Trinajstić information content (AvgIpc) is 3.04. The zero-order chi connectivity index (χ0) is 31.9. The third kappa shape index (κ3) is 7.14. The first-order chi connectivity index (χ1) is 21.8. The summed E-state index contributed by atoms with van der Waals surface area (Å²) in [6.45, 7) is 4.39. The monoisotopic (exact) mass is 612 g/mol. The highest BCUT2D eigenvalue weighted by atomic mass is 16.6. The fourth-order valence-electron chi connectivity index (χ4n) is 5.74. The number of phenolic OH excluding ortho intramolecular Hbond substituents is 1. The van der Waals surface area contributed by atoms with Gasteiger partial charge in [-0.25, -0.2) is 20.3 Å². The fourth-order valence-corrected chi connectivity index (χ4v) is 5.74. The summed E-state index contributed by atoms with van der Waals surface area (Å²) in [6.07, 6.45) is 0.980. The van der Waals surface area contributed by atoms with Gasteiger partial charge < -0.3 is 20.2 Å². The van der Waals surface area contributed by atoms with Gasteiger partial charge in [0.05, 0.1) is 20.2 Å². The van der Waals surface area contributed by atoms with E-state index >= 15 is 0 Å². The molecule has 234 valence electrons. The van der Waals surface area contributed by atoms with E-state index in [-0.39, 0.29) is 56.7 Å². The molecule has 3 aromatic rings. The number of fused-ring (bicyclic) bond motifs is 1. The smallest absolute Gasteiger partial charge is 0.334 e. The van der Waals surface area contributed by atoms with Gasteiger partial charge in [0.25, 0.3) is 5.91 Å². The lowest BCUT2D eigenvalue weighted by molar-refractivity contribution is -0.189. The Bertz CT molecular complexity index is 1550. The van der Waals surface area contributed by atoms with Gasteiger partial charge in [-0.2, -0.15) is 0 Å². The van der Waals surface area contributed by atoms with E-state index in [0.717, 1.165) is 11.1 Å². The number of piperazine rings is 1. The van der Waals surface area contributed by atoms with E-state index in [1.54, 1.807) is 52.4 Å². The zero-order valence-corrected chi connectivity index (χ0v) is 25.0. The zero-order valence-electron chi connectivity index (χ0n) is 25.0. The Morgan fingerprint density at radius 2 is 1.73 bits per heavy atom. The molecule has 2 atom stereocenters. The quantitative estimate of drug-likeness (QED) is 0.237. The first-order valence-corrected chi connectivity index (χ1v) is 14.6. The van der Waals surface area contributed by atoms with E-state index in [9.17, 15) is 24.3 Å². The van der Waals surface area contributed by atoms with Crippen LogP contribution in [0.2, 0.25) is 0 Å². The lowest BCUT2D eigenvalue weighted by Gasteiger charge is -2.55. The Morgan fingerprint density at radius 3 is 2.44 bits per heavy atom. The van der Waals surface area contributed by atoms with Crippen LogP contribution in [0, 0.1) is 0 Å². The molecule has 2 heterocycles. The van der Waals surface area contributed by atoms with Crippen molar-refractivity contribution in [2.75, 3.05) is 26.7 Å². The van der Waals surface area contributed by atoms with Crippen molar-refractivity contribution >= 4 is 23.8 Å². The topological polar surface area (TPSA) is 135 Å². The van der Waals surface area contributed by atoms with Gasteiger partial charge in [0.2, 0.25) is 11.8 Å². The minimum Gasteiger partial charge on any atom is -0.508 e. The van der Waals surface area contributed by atoms with Crippen LogP contribution in [-0.2, 0) is 33.9 Å². The normalized spacial score (nSPS) is 18.4. The highest BCUT2D eigenvalue weighted by Gasteiger charge is 2.51. The summed E-state index contributed by atoms with van der Waals surface area (Å²) in [6, 6.07) is 21.4. The molecule has 45 heavy (non-hydrogen) atoms. The molecule has 0 saturated carbocycles. The average molecular weight is 613 g/mol. The largest absolute Gasteiger partial charge is 0.508 e. The molecular formula is C33H36N6O6. The molecule has 12 heteroatoms. The van der Waals surface area contributed by atoms with Crippen molar-refractivity contribution < 1.29 is 29.1 Å². The van der Waals surface area contributed by atoms with Crippen molar-refractivity contribution in [3.05, 3.63) is 114 Å². The number of hydrogen-bond donors (Lipinski definition) is 3. The second-order valence-corrected chi connectivity index (χ2v) is 10.8. The number of phenols is 1. The third-order valence-electron chi connectivity index (χ3n) is 7.79. The lowest BCUT2D eigenvalue weighted by atomic mass is 9.98. The van der Waals surface area contributed by atoms with Gasteiger partial charge in [0, 0.05) is 31.6 Å². The summed E-state index contributed by atoms with van der Waals surface area (Å²) in [4.78, 5) is 62.0. The second kappa shape index (κ2) is 14.1. The van der Waals surface area contributed by atoms with Crippen LogP contribution in [-0.4, -0.2) is 87.6 Å². The van der Waals surface area contributed by atoms with Crippen LogP contribution in [0.4, 0.5) is 4.79 Å². The minimum absolute atomic E-state index is 0.0392. The number of nitrogens with one attached hydrogen (secondary N) is 2. The summed E-state index contributed by atoms with van der Waals surface area (Å²) in [5.41, 5.74) is 4.99. The molecule has 3 N–H and O–H groups in total. The number of carbonyl (C=O) groups is 4. The summed E-state index contributed by atoms with van der Waals surface area (Å²) in [5.74, 6) is -0.925. The number of amides is 5. The number of hydrazine groups is 1. The van der Waals surface area contributed by atoms with Gasteiger partial charge in [-0.1, -0.05) is 60.7 Å². The van der Waals surface area contributed by atoms with Gasteiger partial charge in [0.1, 0.15) is 18.0 Å². The Labute approximate surface area is 261 Å². The van der Waals surface area contributed by atoms with E-state index < -0.39 is 24.1 Å². The highest BCUT2D eigenvalue weighted by Crippen LogP contribution is 2.29. The second-order valence-electron chi connectivity index (χ2n) is 10.8. The summed E-state index contributed by atoms with van der Waals surface area (Å²) in [7, 11) is 1.34. The molecule has 0 radical (unpaired) electrons. The Kier molecular flexibility index (Phi) is 9.76. The SMILES string of the molecule is C=CCN1CC(=O)N2[C@@H](Cc3ccc(O)cc3)C(=O)N(Cc3cccc(C(=O)NOC)c3)C[C@@H]2N1C(=O)NCc1ccccc1. The van der Waals surface area contributed by atoms with Crippen LogP contribution in [0.3, 0.4) is 0 Å². The lowest BCUT2D eigenvalue weighted by Crippen LogP contribution is -2.76. The maximum Gasteiger partial charge on any atom is 0.334 e. The molecule has 0 spiro atoms. The third-order valence-corrected chi connectivity index (χ3v) is 7.79. The van der Waals surface area contributed by atoms with Crippen LogP contribution >= 0.6 is 0 Å². The van der Waals surface area contributed by atoms with Crippen molar-refractivity contribution in [3.63, 3.8) is 0 Å². The van der Waals surface area contributed by atoms with Gasteiger partial charge >= 0.3 is 6.03 Å². The molecular weight excluding hydrogens is 576 g/mol. The first-order valence-electron chi connectivity index (χ1n) is 14.6. The van der Waals surface area contributed by atoms with E-state index in [1.807, 2.05) is 30.3 Å². The molecule has 3 aromatic carbocycles. The fraction of sp³-hybridized carbons (Fsp3) is 0.273. The van der Waals surface area contributed by atoms with Crippen LogP contribution in [0.15, 0.2) is 91.5 Å². The molecule has 0 aromatic heterocycles. The number of rotatable bonds is 10. The number of nitrogens with zero attached hydrogens (tertiary/aromatic N) is 4. The van der Waals surface area contributed by atoms with Crippen molar-refractivity contribution in [1.29, 1.82) is 0 Å². The van der Waals surface area contributed by atoms with Crippen molar-refractivity contribution in [2.45, 2.75) is 31.7 Å². The Hall–Kier alpha value is -5.20. The van der Waals surface area contributed by atoms with Crippen molar-refractivity contribution in [2.24, 2.45) is 0 Å². The van der Waals surface area contributed by atoms with E-state index in [2.05, 4.69) is 17.4 Å². The van der Waals surface area contributed by atoms with E-state index in [0.29, 0.717) is 11.1 Å². The predicted molar refractivity (Wildman–Crippen MR) is 165 cm³/mol. The number of carbonyl (C=O) groups excluding carboxylic acids is 4. The molecule has 5 amide bonds. The van der Waals surface area contributed by atoms with Crippen LogP contribution in [0.25, 0.3) is 0 Å². The van der Waals surface area contributed by atoms with Gasteiger partial charge in [-0.3, -0.25) is 19.2 Å². The number of hydrogen-bond acceptors (Lipinski definition) is 7.